The molecule has 82 valence electrons. The molecule has 0 aliphatic carbocycles. The van der Waals surface area contributed by atoms with Gasteiger partial charge in [0, 0.05) is 21.8 Å². The molecule has 1 aromatic rings. The van der Waals surface area contributed by atoms with E-state index in [-0.39, 0.29) is 5.82 Å². The fourth-order valence-electron chi connectivity index (χ4n) is 1.80. The summed E-state index contributed by atoms with van der Waals surface area (Å²) in [5.41, 5.74) is 1.02. The minimum atomic E-state index is -0.177. The van der Waals surface area contributed by atoms with Crippen LogP contribution in [0.5, 0.6) is 0 Å². The smallest absolute Gasteiger partial charge is 0.124 e. The molecule has 0 bridgehead atoms. The highest BCUT2D eigenvalue weighted by Gasteiger charge is 2.13. The molecule has 1 saturated heterocycles. The summed E-state index contributed by atoms with van der Waals surface area (Å²) in [6.45, 7) is 2.04. The number of halogens is 2. The lowest BCUT2D eigenvalue weighted by Gasteiger charge is -2.13. The lowest BCUT2D eigenvalue weighted by atomic mass is 10.2. The zero-order valence-electron chi connectivity index (χ0n) is 8.39. The molecule has 1 fully saturated rings. The average Bonchev–Trinajstić information content (AvgIpc) is 2.69. The van der Waals surface area contributed by atoms with Gasteiger partial charge >= 0.3 is 0 Å². The minimum absolute atomic E-state index is 0.177. The first-order valence-electron chi connectivity index (χ1n) is 5.18. The second kappa shape index (κ2) is 5.12. The molecule has 0 spiro atoms. The highest BCUT2D eigenvalue weighted by atomic mass is 127. The topological polar surface area (TPSA) is 24.1 Å². The van der Waals surface area contributed by atoms with Crippen molar-refractivity contribution in [2.45, 2.75) is 18.9 Å². The monoisotopic (exact) mass is 320 g/mol. The fraction of sp³-hybridized carbons (Fsp3) is 0.455. The Balaban J connectivity index is 1.92. The third-order valence-electron chi connectivity index (χ3n) is 2.63. The van der Waals surface area contributed by atoms with Crippen LogP contribution in [0.3, 0.4) is 0 Å². The van der Waals surface area contributed by atoms with E-state index in [0.29, 0.717) is 6.04 Å². The van der Waals surface area contributed by atoms with Crippen molar-refractivity contribution < 1.29 is 4.39 Å². The van der Waals surface area contributed by atoms with Gasteiger partial charge in [0.2, 0.25) is 0 Å². The van der Waals surface area contributed by atoms with E-state index in [1.54, 1.807) is 12.1 Å². The van der Waals surface area contributed by atoms with Gasteiger partial charge in [-0.25, -0.2) is 4.39 Å². The number of anilines is 1. The maximum Gasteiger partial charge on any atom is 0.124 e. The van der Waals surface area contributed by atoms with Crippen molar-refractivity contribution in [3.63, 3.8) is 0 Å². The molecule has 1 atom stereocenters. The predicted octanol–water partition coefficient (Wildman–Crippen LogP) is 2.59. The van der Waals surface area contributed by atoms with Crippen LogP contribution < -0.4 is 10.6 Å². The van der Waals surface area contributed by atoms with Gasteiger partial charge in [0.15, 0.2) is 0 Å². The first-order valence-corrected chi connectivity index (χ1v) is 6.26. The third-order valence-corrected chi connectivity index (χ3v) is 3.52. The summed E-state index contributed by atoms with van der Waals surface area (Å²) in [7, 11) is 0. The zero-order chi connectivity index (χ0) is 10.7. The summed E-state index contributed by atoms with van der Waals surface area (Å²) in [5, 5.41) is 6.76. The third kappa shape index (κ3) is 3.04. The normalized spacial score (nSPS) is 20.5. The Bertz CT molecular complexity index is 337. The first kappa shape index (κ1) is 11.1. The van der Waals surface area contributed by atoms with Crippen molar-refractivity contribution in [1.82, 2.24) is 5.32 Å². The number of rotatable bonds is 3. The summed E-state index contributed by atoms with van der Waals surface area (Å²) in [5.74, 6) is -0.177. The molecule has 1 aliphatic rings. The van der Waals surface area contributed by atoms with Crippen molar-refractivity contribution >= 4 is 28.3 Å². The van der Waals surface area contributed by atoms with E-state index in [2.05, 4.69) is 33.2 Å². The zero-order valence-corrected chi connectivity index (χ0v) is 10.6. The molecule has 4 heteroatoms. The van der Waals surface area contributed by atoms with Gasteiger partial charge in [0.25, 0.3) is 0 Å². The number of nitrogens with one attached hydrogen (secondary N) is 2. The van der Waals surface area contributed by atoms with Gasteiger partial charge in [-0.2, -0.15) is 0 Å². The highest BCUT2D eigenvalue weighted by molar-refractivity contribution is 14.1. The van der Waals surface area contributed by atoms with Crippen molar-refractivity contribution in [3.05, 3.63) is 27.6 Å². The Kier molecular flexibility index (Phi) is 3.80. The first-order chi connectivity index (χ1) is 7.25. The molecule has 1 aromatic carbocycles. The van der Waals surface area contributed by atoms with Crippen LogP contribution in [0.25, 0.3) is 0 Å². The van der Waals surface area contributed by atoms with Crippen LogP contribution in [0.4, 0.5) is 10.1 Å². The lowest BCUT2D eigenvalue weighted by molar-refractivity contribution is 0.625. The summed E-state index contributed by atoms with van der Waals surface area (Å²) < 4.78 is 13.8. The van der Waals surface area contributed by atoms with Crippen LogP contribution in [-0.2, 0) is 0 Å². The van der Waals surface area contributed by atoms with Crippen LogP contribution in [0.2, 0.25) is 0 Å². The summed E-state index contributed by atoms with van der Waals surface area (Å²) in [6, 6.07) is 5.40. The SMILES string of the molecule is Fc1ccc(NCC2CCCN2)c(I)c1. The Morgan fingerprint density at radius 3 is 3.07 bits per heavy atom. The Morgan fingerprint density at radius 1 is 1.53 bits per heavy atom. The molecule has 0 amide bonds. The van der Waals surface area contributed by atoms with E-state index in [1.165, 1.54) is 18.9 Å². The van der Waals surface area contributed by atoms with Gasteiger partial charge in [-0.1, -0.05) is 0 Å². The summed E-state index contributed by atoms with van der Waals surface area (Å²) in [6.07, 6.45) is 2.48. The van der Waals surface area contributed by atoms with Crippen LogP contribution in [0.1, 0.15) is 12.8 Å². The van der Waals surface area contributed by atoms with Crippen molar-refractivity contribution in [2.24, 2.45) is 0 Å². The number of benzene rings is 1. The van der Waals surface area contributed by atoms with Gasteiger partial charge < -0.3 is 10.6 Å². The summed E-state index contributed by atoms with van der Waals surface area (Å²) >= 11 is 2.15. The second-order valence-corrected chi connectivity index (χ2v) is 4.96. The largest absolute Gasteiger partial charge is 0.383 e. The molecule has 2 N–H and O–H groups in total. The molecule has 0 radical (unpaired) electrons. The Morgan fingerprint density at radius 2 is 2.40 bits per heavy atom. The van der Waals surface area contributed by atoms with Gasteiger partial charge in [0.05, 0.1) is 0 Å². The number of hydrogen-bond donors (Lipinski definition) is 2. The highest BCUT2D eigenvalue weighted by Crippen LogP contribution is 2.19. The van der Waals surface area contributed by atoms with E-state index >= 15 is 0 Å². The van der Waals surface area contributed by atoms with Crippen molar-refractivity contribution in [3.8, 4) is 0 Å². The minimum Gasteiger partial charge on any atom is -0.383 e. The van der Waals surface area contributed by atoms with E-state index in [9.17, 15) is 4.39 Å². The fourth-order valence-corrected chi connectivity index (χ4v) is 2.46. The molecular formula is C11H14FIN2. The quantitative estimate of drug-likeness (QED) is 0.837. The average molecular weight is 320 g/mol. The van der Waals surface area contributed by atoms with Gasteiger partial charge in [-0.15, -0.1) is 0 Å². The Labute approximate surface area is 103 Å². The molecule has 0 saturated carbocycles. The molecule has 1 aliphatic heterocycles. The summed E-state index contributed by atoms with van der Waals surface area (Å²) in [4.78, 5) is 0. The molecule has 2 nitrogen and oxygen atoms in total. The van der Waals surface area contributed by atoms with E-state index in [4.69, 9.17) is 0 Å². The van der Waals surface area contributed by atoms with Crippen molar-refractivity contribution in [1.29, 1.82) is 0 Å². The van der Waals surface area contributed by atoms with E-state index in [0.717, 1.165) is 22.3 Å². The predicted molar refractivity (Wildman–Crippen MR) is 68.6 cm³/mol. The van der Waals surface area contributed by atoms with Crippen LogP contribution in [0.15, 0.2) is 18.2 Å². The van der Waals surface area contributed by atoms with Gasteiger partial charge in [0.1, 0.15) is 5.82 Å². The maximum absolute atomic E-state index is 12.8. The van der Waals surface area contributed by atoms with E-state index in [1.807, 2.05) is 0 Å². The van der Waals surface area contributed by atoms with Crippen molar-refractivity contribution in [2.75, 3.05) is 18.4 Å². The lowest BCUT2D eigenvalue weighted by Crippen LogP contribution is -2.29. The van der Waals surface area contributed by atoms with E-state index < -0.39 is 0 Å². The second-order valence-electron chi connectivity index (χ2n) is 3.80. The van der Waals surface area contributed by atoms with Gasteiger partial charge in [-0.05, 0) is 60.2 Å². The molecule has 15 heavy (non-hydrogen) atoms. The van der Waals surface area contributed by atoms with Gasteiger partial charge in [-0.3, -0.25) is 0 Å². The van der Waals surface area contributed by atoms with Crippen LogP contribution >= 0.6 is 22.6 Å². The maximum atomic E-state index is 12.8. The molecule has 1 unspecified atom stereocenters. The Hall–Kier alpha value is -0.360. The molecular weight excluding hydrogens is 306 g/mol. The molecule has 0 aromatic heterocycles. The molecule has 2 rings (SSSR count). The van der Waals surface area contributed by atoms with Crippen LogP contribution in [-0.4, -0.2) is 19.1 Å². The number of hydrogen-bond acceptors (Lipinski definition) is 2. The van der Waals surface area contributed by atoms with Crippen LogP contribution in [0, 0.1) is 9.39 Å². The standard InChI is InChI=1S/C11H14FIN2/c12-8-3-4-11(10(13)6-8)15-7-9-2-1-5-14-9/h3-4,6,9,14-15H,1-2,5,7H2. The molecule has 1 heterocycles.